The Morgan fingerprint density at radius 2 is 2.05 bits per heavy atom. The third kappa shape index (κ3) is 4.94. The zero-order valence-corrected chi connectivity index (χ0v) is 13.3. The van der Waals surface area contributed by atoms with E-state index < -0.39 is 0 Å². The second-order valence-electron chi connectivity index (χ2n) is 5.15. The molecule has 1 N–H and O–H groups in total. The molecule has 0 bridgehead atoms. The Morgan fingerprint density at radius 3 is 2.53 bits per heavy atom. The van der Waals surface area contributed by atoms with E-state index >= 15 is 0 Å². The topological polar surface area (TPSA) is 39.1 Å². The maximum absolute atomic E-state index is 8.80. The average Bonchev–Trinajstić information content (AvgIpc) is 2.86. The minimum atomic E-state index is 0.574. The third-order valence-corrected chi connectivity index (χ3v) is 4.63. The molecule has 0 radical (unpaired) electrons. The van der Waals surface area contributed by atoms with Crippen LogP contribution in [0, 0.1) is 17.2 Å². The fourth-order valence-electron chi connectivity index (χ4n) is 2.48. The van der Waals surface area contributed by atoms with Crippen molar-refractivity contribution in [2.45, 2.75) is 39.3 Å². The molecule has 1 aromatic heterocycles. The molecular formula is C15H25N3S. The van der Waals surface area contributed by atoms with Crippen LogP contribution in [0.4, 0.5) is 0 Å². The van der Waals surface area contributed by atoms with Gasteiger partial charge in [-0.3, -0.25) is 0 Å². The van der Waals surface area contributed by atoms with E-state index in [0.29, 0.717) is 6.04 Å². The van der Waals surface area contributed by atoms with E-state index in [1.54, 1.807) is 11.3 Å². The zero-order chi connectivity index (χ0) is 14.3. The minimum absolute atomic E-state index is 0.574. The molecule has 1 atom stereocenters. The van der Waals surface area contributed by atoms with Crippen molar-refractivity contribution in [1.29, 1.82) is 5.26 Å². The first-order valence-corrected chi connectivity index (χ1v) is 7.84. The summed E-state index contributed by atoms with van der Waals surface area (Å²) >= 11 is 1.66. The molecule has 0 saturated heterocycles. The summed E-state index contributed by atoms with van der Waals surface area (Å²) in [6.07, 6.45) is 2.44. The van der Waals surface area contributed by atoms with Crippen LogP contribution in [0.2, 0.25) is 0 Å². The number of nitrogens with one attached hydrogen (secondary N) is 1. The summed E-state index contributed by atoms with van der Waals surface area (Å²) in [5.41, 5.74) is 0.769. The lowest BCUT2D eigenvalue weighted by Gasteiger charge is -2.31. The fraction of sp³-hybridized carbons (Fsp3) is 0.667. The SMILES string of the molecule is CCC(CC)C(CNCc1cc(C#N)cs1)N(C)C. The van der Waals surface area contributed by atoms with Crippen molar-refractivity contribution >= 4 is 11.3 Å². The Balaban J connectivity index is 2.46. The lowest BCUT2D eigenvalue weighted by Crippen LogP contribution is -2.42. The summed E-state index contributed by atoms with van der Waals surface area (Å²) in [6, 6.07) is 4.72. The van der Waals surface area contributed by atoms with Gasteiger partial charge >= 0.3 is 0 Å². The Bertz CT molecular complexity index is 402. The zero-order valence-electron chi connectivity index (χ0n) is 12.4. The molecule has 4 heteroatoms. The first-order valence-electron chi connectivity index (χ1n) is 6.97. The Labute approximate surface area is 121 Å². The first kappa shape index (κ1) is 16.2. The van der Waals surface area contributed by atoms with Crippen LogP contribution >= 0.6 is 11.3 Å². The van der Waals surface area contributed by atoms with Crippen molar-refractivity contribution < 1.29 is 0 Å². The normalized spacial score (nSPS) is 12.9. The fourth-order valence-corrected chi connectivity index (χ4v) is 3.26. The molecule has 106 valence electrons. The van der Waals surface area contributed by atoms with E-state index in [4.69, 9.17) is 5.26 Å². The lowest BCUT2D eigenvalue weighted by molar-refractivity contribution is 0.194. The number of rotatable bonds is 8. The van der Waals surface area contributed by atoms with E-state index in [2.05, 4.69) is 44.2 Å². The molecule has 3 nitrogen and oxygen atoms in total. The maximum Gasteiger partial charge on any atom is 0.100 e. The molecule has 1 aromatic rings. The largest absolute Gasteiger partial charge is 0.310 e. The second-order valence-corrected chi connectivity index (χ2v) is 6.15. The van der Waals surface area contributed by atoms with Crippen LogP contribution < -0.4 is 5.32 Å². The molecule has 1 rings (SSSR count). The van der Waals surface area contributed by atoms with Crippen LogP contribution in [-0.4, -0.2) is 31.6 Å². The number of thiophene rings is 1. The molecular weight excluding hydrogens is 254 g/mol. The quantitative estimate of drug-likeness (QED) is 0.795. The highest BCUT2D eigenvalue weighted by atomic mass is 32.1. The molecule has 0 fully saturated rings. The third-order valence-electron chi connectivity index (χ3n) is 3.69. The van der Waals surface area contributed by atoms with E-state index in [1.165, 1.54) is 17.7 Å². The summed E-state index contributed by atoms with van der Waals surface area (Å²) < 4.78 is 0. The Hall–Kier alpha value is -0.890. The van der Waals surface area contributed by atoms with Gasteiger partial charge in [-0.25, -0.2) is 0 Å². The lowest BCUT2D eigenvalue weighted by atomic mass is 9.93. The smallest absolute Gasteiger partial charge is 0.100 e. The monoisotopic (exact) mass is 279 g/mol. The van der Waals surface area contributed by atoms with Gasteiger partial charge in [-0.2, -0.15) is 5.26 Å². The highest BCUT2D eigenvalue weighted by Gasteiger charge is 2.19. The van der Waals surface area contributed by atoms with Gasteiger partial charge < -0.3 is 10.2 Å². The van der Waals surface area contributed by atoms with Gasteiger partial charge in [0.1, 0.15) is 6.07 Å². The summed E-state index contributed by atoms with van der Waals surface area (Å²) in [5.74, 6) is 0.737. The van der Waals surface area contributed by atoms with Gasteiger partial charge in [-0.15, -0.1) is 11.3 Å². The van der Waals surface area contributed by atoms with Crippen LogP contribution in [0.3, 0.4) is 0 Å². The average molecular weight is 279 g/mol. The Kier molecular flexibility index (Phi) is 7.07. The van der Waals surface area contributed by atoms with Crippen molar-refractivity contribution in [2.75, 3.05) is 20.6 Å². The molecule has 0 saturated carbocycles. The first-order chi connectivity index (χ1) is 9.12. The molecule has 0 aliphatic carbocycles. The van der Waals surface area contributed by atoms with Gasteiger partial charge in [0.05, 0.1) is 5.56 Å². The summed E-state index contributed by atoms with van der Waals surface area (Å²) in [4.78, 5) is 3.55. The number of likely N-dealkylation sites (N-methyl/N-ethyl adjacent to an activating group) is 1. The molecule has 1 heterocycles. The van der Waals surface area contributed by atoms with Crippen molar-refractivity contribution in [1.82, 2.24) is 10.2 Å². The van der Waals surface area contributed by atoms with Gasteiger partial charge in [0, 0.05) is 29.4 Å². The minimum Gasteiger partial charge on any atom is -0.310 e. The van der Waals surface area contributed by atoms with E-state index in [9.17, 15) is 0 Å². The molecule has 19 heavy (non-hydrogen) atoms. The van der Waals surface area contributed by atoms with Gasteiger partial charge in [0.15, 0.2) is 0 Å². The molecule has 0 aliphatic rings. The van der Waals surface area contributed by atoms with Gasteiger partial charge in [-0.1, -0.05) is 26.7 Å². The highest BCUT2D eigenvalue weighted by molar-refractivity contribution is 7.10. The van der Waals surface area contributed by atoms with Crippen molar-refractivity contribution in [3.8, 4) is 6.07 Å². The van der Waals surface area contributed by atoms with Gasteiger partial charge in [0.25, 0.3) is 0 Å². The van der Waals surface area contributed by atoms with Crippen LogP contribution in [-0.2, 0) is 6.54 Å². The standard InChI is InChI=1S/C15H25N3S/c1-5-13(6-2)15(18(3)4)10-17-9-14-7-12(8-16)11-19-14/h7,11,13,15,17H,5-6,9-10H2,1-4H3. The molecule has 1 unspecified atom stereocenters. The summed E-state index contributed by atoms with van der Waals surface area (Å²) in [7, 11) is 4.31. The van der Waals surface area contributed by atoms with Crippen LogP contribution in [0.1, 0.15) is 37.1 Å². The van der Waals surface area contributed by atoms with Crippen molar-refractivity contribution in [3.05, 3.63) is 21.9 Å². The van der Waals surface area contributed by atoms with E-state index in [-0.39, 0.29) is 0 Å². The predicted octanol–water partition coefficient (Wildman–Crippen LogP) is 3.08. The van der Waals surface area contributed by atoms with Crippen LogP contribution in [0.15, 0.2) is 11.4 Å². The summed E-state index contributed by atoms with van der Waals surface area (Å²) in [6.45, 7) is 6.39. The van der Waals surface area contributed by atoms with Crippen LogP contribution in [0.25, 0.3) is 0 Å². The maximum atomic E-state index is 8.80. The molecule has 0 spiro atoms. The van der Waals surface area contributed by atoms with Gasteiger partial charge in [-0.05, 0) is 26.1 Å². The number of nitrogens with zero attached hydrogens (tertiary/aromatic N) is 2. The Morgan fingerprint density at radius 1 is 1.37 bits per heavy atom. The second kappa shape index (κ2) is 8.31. The number of nitriles is 1. The van der Waals surface area contributed by atoms with E-state index in [1.807, 2.05) is 11.4 Å². The van der Waals surface area contributed by atoms with E-state index in [0.717, 1.165) is 24.6 Å². The predicted molar refractivity (Wildman–Crippen MR) is 82.3 cm³/mol. The van der Waals surface area contributed by atoms with Crippen LogP contribution in [0.5, 0.6) is 0 Å². The molecule has 0 aromatic carbocycles. The van der Waals surface area contributed by atoms with Crippen molar-refractivity contribution in [3.63, 3.8) is 0 Å². The number of hydrogen-bond donors (Lipinski definition) is 1. The molecule has 0 amide bonds. The molecule has 0 aliphatic heterocycles. The highest BCUT2D eigenvalue weighted by Crippen LogP contribution is 2.17. The van der Waals surface area contributed by atoms with Gasteiger partial charge in [0.2, 0.25) is 0 Å². The number of hydrogen-bond acceptors (Lipinski definition) is 4. The summed E-state index contributed by atoms with van der Waals surface area (Å²) in [5, 5.41) is 14.3. The van der Waals surface area contributed by atoms with Crippen molar-refractivity contribution in [2.24, 2.45) is 5.92 Å².